The molecule has 1 aromatic carbocycles. The van der Waals surface area contributed by atoms with E-state index in [1.165, 1.54) is 18.2 Å². The highest BCUT2D eigenvalue weighted by molar-refractivity contribution is 14.1. The number of hydrogen-bond acceptors (Lipinski definition) is 3. The van der Waals surface area contributed by atoms with Gasteiger partial charge in [0.1, 0.15) is 11.5 Å². The zero-order valence-corrected chi connectivity index (χ0v) is 13.2. The Hall–Kier alpha value is -1.03. The molecule has 0 spiro atoms. The van der Waals surface area contributed by atoms with Crippen LogP contribution in [0.5, 0.6) is 5.75 Å². The number of carbonyl (C=O) groups is 1. The molecule has 1 heterocycles. The highest BCUT2D eigenvalue weighted by Gasteiger charge is 2.32. The van der Waals surface area contributed by atoms with Crippen molar-refractivity contribution in [2.75, 3.05) is 0 Å². The van der Waals surface area contributed by atoms with Gasteiger partial charge in [-0.05, 0) is 62.8 Å². The summed E-state index contributed by atoms with van der Waals surface area (Å²) in [5.74, 6) is 0.186. The Morgan fingerprint density at radius 3 is 2.55 bits per heavy atom. The highest BCUT2D eigenvalue weighted by atomic mass is 127. The quantitative estimate of drug-likeness (QED) is 0.476. The Kier molecular flexibility index (Phi) is 4.43. The smallest absolute Gasteiger partial charge is 0.453 e. The molecule has 0 unspecified atom stereocenters. The van der Waals surface area contributed by atoms with Gasteiger partial charge < -0.3 is 9.15 Å². The van der Waals surface area contributed by atoms with Crippen molar-refractivity contribution in [1.29, 1.82) is 0 Å². The van der Waals surface area contributed by atoms with Gasteiger partial charge >= 0.3 is 6.36 Å². The standard InChI is InChI=1S/C12H5BrF3IO3/c13-8-3-7(10-2-1-6(5-18)19-10)9(17)4-11(8)20-12(14,15)16/h1-5H. The van der Waals surface area contributed by atoms with Gasteiger partial charge in [0.25, 0.3) is 0 Å². The average Bonchev–Trinajstić information content (AvgIpc) is 2.80. The normalized spacial score (nSPS) is 11.4. The van der Waals surface area contributed by atoms with Crippen molar-refractivity contribution >= 4 is 44.8 Å². The average molecular weight is 461 g/mol. The largest absolute Gasteiger partial charge is 0.573 e. The number of aldehydes is 1. The first-order valence-corrected chi connectivity index (χ1v) is 6.97. The monoisotopic (exact) mass is 460 g/mol. The first kappa shape index (κ1) is 15.4. The summed E-state index contributed by atoms with van der Waals surface area (Å²) in [6.45, 7) is 0. The van der Waals surface area contributed by atoms with Crippen molar-refractivity contribution < 1.29 is 27.1 Å². The minimum atomic E-state index is -4.76. The van der Waals surface area contributed by atoms with Gasteiger partial charge in [0.2, 0.25) is 0 Å². The molecular formula is C12H5BrF3IO3. The van der Waals surface area contributed by atoms with E-state index in [-0.39, 0.29) is 16.0 Å². The summed E-state index contributed by atoms with van der Waals surface area (Å²) in [6, 6.07) is 5.72. The first-order valence-electron chi connectivity index (χ1n) is 5.10. The van der Waals surface area contributed by atoms with E-state index in [4.69, 9.17) is 4.42 Å². The Bertz CT molecular complexity index is 652. The molecule has 0 aliphatic heterocycles. The predicted octanol–water partition coefficient (Wildman–Crippen LogP) is 5.02. The minimum Gasteiger partial charge on any atom is -0.453 e. The molecule has 0 radical (unpaired) electrons. The lowest BCUT2D eigenvalue weighted by Crippen LogP contribution is -2.17. The number of furan rings is 1. The molecule has 20 heavy (non-hydrogen) atoms. The van der Waals surface area contributed by atoms with Crippen molar-refractivity contribution in [3.8, 4) is 17.1 Å². The Balaban J connectivity index is 2.42. The summed E-state index contributed by atoms with van der Waals surface area (Å²) in [5.41, 5.74) is 0.556. The zero-order chi connectivity index (χ0) is 14.9. The molecule has 8 heteroatoms. The second-order valence-corrected chi connectivity index (χ2v) is 5.65. The van der Waals surface area contributed by atoms with Gasteiger partial charge in [0.15, 0.2) is 12.0 Å². The van der Waals surface area contributed by atoms with Gasteiger partial charge in [-0.25, -0.2) is 0 Å². The number of alkyl halides is 3. The topological polar surface area (TPSA) is 39.4 Å². The van der Waals surface area contributed by atoms with Crippen molar-refractivity contribution in [3.05, 3.63) is 38.1 Å². The molecule has 0 aliphatic rings. The van der Waals surface area contributed by atoms with Crippen LogP contribution in [0.1, 0.15) is 10.6 Å². The number of halogens is 5. The summed E-state index contributed by atoms with van der Waals surface area (Å²) in [7, 11) is 0. The summed E-state index contributed by atoms with van der Waals surface area (Å²) in [5, 5.41) is 0. The SMILES string of the molecule is O=Cc1ccc(-c2cc(Br)c(OC(F)(F)F)cc2I)o1. The summed E-state index contributed by atoms with van der Waals surface area (Å²) in [6.07, 6.45) is -4.21. The summed E-state index contributed by atoms with van der Waals surface area (Å²) in [4.78, 5) is 10.6. The van der Waals surface area contributed by atoms with Crippen molar-refractivity contribution in [2.45, 2.75) is 6.36 Å². The molecule has 0 aliphatic carbocycles. The molecule has 3 nitrogen and oxygen atoms in total. The molecule has 0 saturated carbocycles. The molecule has 0 N–H and O–H groups in total. The molecule has 106 valence electrons. The second-order valence-electron chi connectivity index (χ2n) is 3.63. The minimum absolute atomic E-state index is 0.134. The van der Waals surface area contributed by atoms with E-state index in [1.54, 1.807) is 6.07 Å². The van der Waals surface area contributed by atoms with Crippen LogP contribution in [0.15, 0.2) is 33.2 Å². The van der Waals surface area contributed by atoms with E-state index in [9.17, 15) is 18.0 Å². The van der Waals surface area contributed by atoms with E-state index < -0.39 is 6.36 Å². The third-order valence-corrected chi connectivity index (χ3v) is 3.77. The van der Waals surface area contributed by atoms with Gasteiger partial charge in [-0.2, -0.15) is 0 Å². The van der Waals surface area contributed by atoms with E-state index in [1.807, 2.05) is 22.6 Å². The fourth-order valence-corrected chi connectivity index (χ4v) is 2.61. The third kappa shape index (κ3) is 3.54. The molecule has 0 bridgehead atoms. The zero-order valence-electron chi connectivity index (χ0n) is 9.50. The molecule has 0 atom stereocenters. The fourth-order valence-electron chi connectivity index (χ4n) is 1.48. The predicted molar refractivity (Wildman–Crippen MR) is 76.6 cm³/mol. The lowest BCUT2D eigenvalue weighted by Gasteiger charge is -2.12. The molecular weight excluding hydrogens is 456 g/mol. The van der Waals surface area contributed by atoms with Crippen LogP contribution in [0.25, 0.3) is 11.3 Å². The number of ether oxygens (including phenoxy) is 1. The second kappa shape index (κ2) is 5.76. The van der Waals surface area contributed by atoms with Gasteiger partial charge in [0, 0.05) is 9.13 Å². The number of benzene rings is 1. The third-order valence-electron chi connectivity index (χ3n) is 2.26. The van der Waals surface area contributed by atoms with Crippen molar-refractivity contribution in [3.63, 3.8) is 0 Å². The number of carbonyl (C=O) groups excluding carboxylic acids is 1. The van der Waals surface area contributed by atoms with Crippen LogP contribution in [0.3, 0.4) is 0 Å². The molecule has 0 saturated heterocycles. The maximum Gasteiger partial charge on any atom is 0.573 e. The van der Waals surface area contributed by atoms with E-state index >= 15 is 0 Å². The number of hydrogen-bond donors (Lipinski definition) is 0. The van der Waals surface area contributed by atoms with Crippen molar-refractivity contribution in [1.82, 2.24) is 0 Å². The van der Waals surface area contributed by atoms with Crippen LogP contribution >= 0.6 is 38.5 Å². The highest BCUT2D eigenvalue weighted by Crippen LogP contribution is 2.37. The van der Waals surface area contributed by atoms with E-state index in [0.29, 0.717) is 21.2 Å². The fraction of sp³-hybridized carbons (Fsp3) is 0.0833. The van der Waals surface area contributed by atoms with Crippen LogP contribution < -0.4 is 4.74 Å². The lowest BCUT2D eigenvalue weighted by molar-refractivity contribution is -0.274. The first-order chi connectivity index (χ1) is 9.30. The lowest BCUT2D eigenvalue weighted by atomic mass is 10.2. The van der Waals surface area contributed by atoms with Gasteiger partial charge in [-0.1, -0.05) is 0 Å². The maximum atomic E-state index is 12.2. The molecule has 2 aromatic rings. The Morgan fingerprint density at radius 2 is 2.00 bits per heavy atom. The Morgan fingerprint density at radius 1 is 1.30 bits per heavy atom. The van der Waals surface area contributed by atoms with Gasteiger partial charge in [-0.3, -0.25) is 4.79 Å². The van der Waals surface area contributed by atoms with Crippen molar-refractivity contribution in [2.24, 2.45) is 0 Å². The van der Waals surface area contributed by atoms with Crippen LogP contribution in [0.2, 0.25) is 0 Å². The van der Waals surface area contributed by atoms with Crippen LogP contribution in [0.4, 0.5) is 13.2 Å². The molecule has 2 rings (SSSR count). The maximum absolute atomic E-state index is 12.2. The Labute approximate surface area is 133 Å². The van der Waals surface area contributed by atoms with Gasteiger partial charge in [-0.15, -0.1) is 13.2 Å². The molecule has 0 amide bonds. The van der Waals surface area contributed by atoms with E-state index in [0.717, 1.165) is 0 Å². The van der Waals surface area contributed by atoms with E-state index in [2.05, 4.69) is 20.7 Å². The molecule has 0 fully saturated rings. The van der Waals surface area contributed by atoms with Crippen LogP contribution in [0, 0.1) is 3.57 Å². The number of rotatable bonds is 3. The summed E-state index contributed by atoms with van der Waals surface area (Å²) < 4.78 is 46.4. The van der Waals surface area contributed by atoms with Crippen LogP contribution in [-0.2, 0) is 0 Å². The molecule has 1 aromatic heterocycles. The van der Waals surface area contributed by atoms with Crippen LogP contribution in [-0.4, -0.2) is 12.6 Å². The van der Waals surface area contributed by atoms with Gasteiger partial charge in [0.05, 0.1) is 4.47 Å². The summed E-state index contributed by atoms with van der Waals surface area (Å²) >= 11 is 4.88.